The van der Waals surface area contributed by atoms with E-state index in [1.807, 2.05) is 170 Å². The minimum atomic E-state index is 0.0684. The van der Waals surface area contributed by atoms with Gasteiger partial charge in [0.05, 0.1) is 0 Å². The second-order valence-corrected chi connectivity index (χ2v) is 14.6. The first-order chi connectivity index (χ1) is 30.1. The van der Waals surface area contributed by atoms with Gasteiger partial charge in [-0.2, -0.15) is 0 Å². The van der Waals surface area contributed by atoms with Gasteiger partial charge < -0.3 is 4.42 Å². The first-order valence-corrected chi connectivity index (χ1v) is 20.3. The minimum absolute atomic E-state index is 0.0684. The lowest BCUT2D eigenvalue weighted by Crippen LogP contribution is -1.96. The summed E-state index contributed by atoms with van der Waals surface area (Å²) in [6.07, 6.45) is 3.53. The monoisotopic (exact) mass is 784 g/mol. The number of carbonyl (C=O) groups excluding carboxylic acids is 2. The Bertz CT molecular complexity index is 2890. The van der Waals surface area contributed by atoms with Crippen molar-refractivity contribution in [1.29, 1.82) is 0 Å². The molecule has 0 saturated heterocycles. The number of para-hydroxylation sites is 2. The van der Waals surface area contributed by atoms with Crippen molar-refractivity contribution in [1.82, 2.24) is 0 Å². The fraction of sp³-hybridized carbons (Fsp3) is 0. The smallest absolute Gasteiger partial charge is 0.187 e. The fourth-order valence-electron chi connectivity index (χ4n) is 8.02. The molecule has 0 spiro atoms. The van der Waals surface area contributed by atoms with Crippen LogP contribution < -0.4 is 0 Å². The second kappa shape index (κ2) is 17.8. The Morgan fingerprint density at radius 2 is 0.492 bits per heavy atom. The molecule has 0 fully saturated rings. The number of allylic oxidation sites excluding steroid dienone is 8. The van der Waals surface area contributed by atoms with Gasteiger partial charge in [0.25, 0.3) is 0 Å². The van der Waals surface area contributed by atoms with Gasteiger partial charge in [0.15, 0.2) is 11.6 Å². The summed E-state index contributed by atoms with van der Waals surface area (Å²) >= 11 is 0. The van der Waals surface area contributed by atoms with Crippen molar-refractivity contribution in [2.45, 2.75) is 0 Å². The van der Waals surface area contributed by atoms with Gasteiger partial charge in [-0.3, -0.25) is 9.59 Å². The van der Waals surface area contributed by atoms with Crippen LogP contribution in [-0.4, -0.2) is 11.6 Å². The highest BCUT2D eigenvalue weighted by atomic mass is 16.3. The predicted molar refractivity (Wildman–Crippen MR) is 252 cm³/mol. The van der Waals surface area contributed by atoms with Crippen LogP contribution in [0.3, 0.4) is 0 Å². The summed E-state index contributed by atoms with van der Waals surface area (Å²) in [5.74, 6) is 0.137. The van der Waals surface area contributed by atoms with Gasteiger partial charge in [-0.25, -0.2) is 0 Å². The Labute approximate surface area is 355 Å². The molecule has 2 aliphatic rings. The van der Waals surface area contributed by atoms with Gasteiger partial charge in [0.2, 0.25) is 0 Å². The summed E-state index contributed by atoms with van der Waals surface area (Å²) in [6.45, 7) is 0. The largest absolute Gasteiger partial charge is 0.456 e. The Hall–Kier alpha value is -8.14. The van der Waals surface area contributed by atoms with Crippen LogP contribution in [0.25, 0.3) is 55.4 Å². The first-order valence-electron chi connectivity index (χ1n) is 20.3. The first kappa shape index (κ1) is 38.4. The van der Waals surface area contributed by atoms with Crippen LogP contribution in [0.1, 0.15) is 33.4 Å². The average Bonchev–Trinajstić information content (AvgIpc) is 4.01. The highest BCUT2D eigenvalue weighted by molar-refractivity contribution is 6.46. The van der Waals surface area contributed by atoms with Crippen molar-refractivity contribution in [3.05, 3.63) is 276 Å². The van der Waals surface area contributed by atoms with Crippen molar-refractivity contribution in [3.63, 3.8) is 0 Å². The van der Waals surface area contributed by atoms with Gasteiger partial charge in [0.1, 0.15) is 11.2 Å². The summed E-state index contributed by atoms with van der Waals surface area (Å²) in [4.78, 5) is 25.6. The Balaban J connectivity index is 0.000000122. The van der Waals surface area contributed by atoms with E-state index in [-0.39, 0.29) is 11.6 Å². The number of hydrogen-bond acceptors (Lipinski definition) is 3. The maximum Gasteiger partial charge on any atom is 0.187 e. The van der Waals surface area contributed by atoms with E-state index in [2.05, 4.69) is 60.7 Å². The number of ketones is 2. The molecule has 0 amide bonds. The molecule has 3 heteroatoms. The van der Waals surface area contributed by atoms with Gasteiger partial charge in [0, 0.05) is 33.1 Å². The summed E-state index contributed by atoms with van der Waals surface area (Å²) in [5, 5.41) is 2.39. The quantitative estimate of drug-likeness (QED) is 0.169. The molecule has 0 saturated carbocycles. The van der Waals surface area contributed by atoms with Crippen LogP contribution in [0.2, 0.25) is 0 Å². The minimum Gasteiger partial charge on any atom is -0.456 e. The van der Waals surface area contributed by atoms with Crippen LogP contribution in [0.5, 0.6) is 0 Å². The topological polar surface area (TPSA) is 47.3 Å². The van der Waals surface area contributed by atoms with Gasteiger partial charge in [-0.15, -0.1) is 0 Å². The van der Waals surface area contributed by atoms with E-state index in [1.54, 1.807) is 12.2 Å². The Kier molecular flexibility index (Phi) is 11.2. The molecule has 0 atom stereocenters. The number of carbonyl (C=O) groups is 2. The van der Waals surface area contributed by atoms with E-state index in [0.29, 0.717) is 0 Å². The third-order valence-electron chi connectivity index (χ3n) is 10.8. The number of fused-ring (bicyclic) bond motifs is 3. The third-order valence-corrected chi connectivity index (χ3v) is 10.8. The molecular formula is C58H40O3. The lowest BCUT2D eigenvalue weighted by molar-refractivity contribution is -0.110. The Morgan fingerprint density at radius 1 is 0.246 bits per heavy atom. The molecule has 0 aliphatic heterocycles. The van der Waals surface area contributed by atoms with Crippen molar-refractivity contribution >= 4 is 66.9 Å². The van der Waals surface area contributed by atoms with E-state index in [4.69, 9.17) is 4.42 Å². The molecule has 8 aromatic carbocycles. The van der Waals surface area contributed by atoms with Crippen LogP contribution >= 0.6 is 0 Å². The maximum absolute atomic E-state index is 12.8. The molecule has 61 heavy (non-hydrogen) atoms. The fourth-order valence-corrected chi connectivity index (χ4v) is 8.02. The van der Waals surface area contributed by atoms with Crippen LogP contribution in [0.15, 0.2) is 247 Å². The molecule has 290 valence electrons. The number of rotatable bonds is 6. The maximum atomic E-state index is 12.8. The van der Waals surface area contributed by atoms with Crippen LogP contribution in [0, 0.1) is 0 Å². The lowest BCUT2D eigenvalue weighted by Gasteiger charge is -2.12. The van der Waals surface area contributed by atoms with Gasteiger partial charge in [-0.1, -0.05) is 218 Å². The third kappa shape index (κ3) is 8.14. The predicted octanol–water partition coefficient (Wildman–Crippen LogP) is 14.1. The molecule has 0 N–H and O–H groups in total. The number of benzene rings is 8. The standard InChI is InChI=1S/2C23H16O.C12H8O/c2*24-21-16-20(17-10-4-1-5-11-17)22(18-12-6-2-7-13-18)23(21)19-14-8-3-9-15-19;1-3-7-11-9(5-1)10-6-2-4-8-12(10)13-11/h2*1-16H;1-8H. The van der Waals surface area contributed by atoms with Crippen molar-refractivity contribution < 1.29 is 14.0 Å². The molecule has 1 aromatic heterocycles. The summed E-state index contributed by atoms with van der Waals surface area (Å²) in [6, 6.07) is 76.5. The molecule has 1 heterocycles. The molecule has 2 aliphatic carbocycles. The Morgan fingerprint density at radius 3 is 0.803 bits per heavy atom. The molecule has 11 rings (SSSR count). The number of furan rings is 1. The van der Waals surface area contributed by atoms with Gasteiger partial charge >= 0.3 is 0 Å². The molecular weight excluding hydrogens is 745 g/mol. The van der Waals surface area contributed by atoms with Crippen molar-refractivity contribution in [2.75, 3.05) is 0 Å². The average molecular weight is 785 g/mol. The molecule has 9 aromatic rings. The molecule has 3 nitrogen and oxygen atoms in total. The molecule has 0 radical (unpaired) electrons. The van der Waals surface area contributed by atoms with E-state index in [9.17, 15) is 9.59 Å². The van der Waals surface area contributed by atoms with Crippen molar-refractivity contribution in [2.24, 2.45) is 0 Å². The molecule has 0 unspecified atom stereocenters. The lowest BCUT2D eigenvalue weighted by atomic mass is 9.90. The summed E-state index contributed by atoms with van der Waals surface area (Å²) in [7, 11) is 0. The SMILES string of the molecule is O=C1C=C(c2ccccc2)C(c2ccccc2)=C1c1ccccc1.O=C1C=C(c2ccccc2)C(c2ccccc2)=C1c1ccccc1.c1ccc2c(c1)oc1ccccc12. The normalized spacial score (nSPS) is 13.4. The number of hydrogen-bond donors (Lipinski definition) is 0. The summed E-state index contributed by atoms with van der Waals surface area (Å²) < 4.78 is 5.65. The zero-order chi connectivity index (χ0) is 41.4. The van der Waals surface area contributed by atoms with E-state index in [0.717, 1.165) is 78.0 Å². The highest BCUT2D eigenvalue weighted by Crippen LogP contribution is 2.44. The zero-order valence-electron chi connectivity index (χ0n) is 33.3. The van der Waals surface area contributed by atoms with E-state index >= 15 is 0 Å². The van der Waals surface area contributed by atoms with Crippen LogP contribution in [0.4, 0.5) is 0 Å². The highest BCUT2D eigenvalue weighted by Gasteiger charge is 2.29. The van der Waals surface area contributed by atoms with Crippen LogP contribution in [-0.2, 0) is 9.59 Å². The second-order valence-electron chi connectivity index (χ2n) is 14.6. The van der Waals surface area contributed by atoms with Crippen molar-refractivity contribution in [3.8, 4) is 0 Å². The van der Waals surface area contributed by atoms with Gasteiger partial charge in [-0.05, 0) is 68.8 Å². The molecule has 0 bridgehead atoms. The zero-order valence-corrected chi connectivity index (χ0v) is 33.3. The van der Waals surface area contributed by atoms with E-state index < -0.39 is 0 Å². The summed E-state index contributed by atoms with van der Waals surface area (Å²) in [5.41, 5.74) is 13.7. The van der Waals surface area contributed by atoms with E-state index in [1.165, 1.54) is 10.8 Å².